The van der Waals surface area contributed by atoms with Crippen LogP contribution in [0.25, 0.3) is 11.1 Å². The second kappa shape index (κ2) is 10.0. The monoisotopic (exact) mass is 680 g/mol. The first-order valence-electron chi connectivity index (χ1n) is 14.3. The van der Waals surface area contributed by atoms with Crippen LogP contribution in [0.1, 0.15) is 42.5 Å². The molecule has 0 unspecified atom stereocenters. The summed E-state index contributed by atoms with van der Waals surface area (Å²) < 4.78 is 6.24. The van der Waals surface area contributed by atoms with E-state index >= 15 is 0 Å². The molecule has 2 aromatic rings. The zero-order valence-electron chi connectivity index (χ0n) is 27.1. The minimum atomic E-state index is -4.01. The minimum absolute atomic E-state index is 0. The number of allylic oxidation sites excluding steroid dienone is 4. The molecule has 0 fully saturated rings. The first-order chi connectivity index (χ1) is 16.3. The topological polar surface area (TPSA) is 15.3 Å². The summed E-state index contributed by atoms with van der Waals surface area (Å²) in [5.41, 5.74) is 6.11. The third-order valence-electron chi connectivity index (χ3n) is 8.52. The molecule has 0 saturated heterocycles. The number of rotatable bonds is 5. The maximum Gasteiger partial charge on any atom is -0.0149 e. The van der Waals surface area contributed by atoms with Gasteiger partial charge < -0.3 is 0 Å². The van der Waals surface area contributed by atoms with Gasteiger partial charge in [-0.3, -0.25) is 0 Å². The molecule has 40 heavy (non-hydrogen) atoms. The third-order valence-corrected chi connectivity index (χ3v) is 25.4. The van der Waals surface area contributed by atoms with Crippen molar-refractivity contribution in [2.45, 2.75) is 78.8 Å². The molecule has 0 aliphatic heterocycles. The molecule has 0 aromatic heterocycles. The molecule has 0 saturated carbocycles. The molecular formula is C33H62Cl2N2SiTi2. The maximum absolute atomic E-state index is 4.01. The van der Waals surface area contributed by atoms with Gasteiger partial charge in [-0.05, 0) is 11.0 Å². The van der Waals surface area contributed by atoms with Crippen molar-refractivity contribution in [2.24, 2.45) is 0 Å². The van der Waals surface area contributed by atoms with Crippen LogP contribution in [0, 0.1) is 0 Å². The summed E-state index contributed by atoms with van der Waals surface area (Å²) in [6.45, 7) is 6.85. The fraction of sp³-hybridized carbons (Fsp3) is 0.515. The van der Waals surface area contributed by atoms with E-state index in [1.54, 1.807) is 3.88 Å². The van der Waals surface area contributed by atoms with E-state index in [2.05, 4.69) is 152 Å². The molecular weight excluding hydrogens is 619 g/mol. The molecule has 0 spiro atoms. The SMILES string of the molecule is CC(C)(C)[NH][Ti]([CH3])([CH3])[CH]1c2ccccc2-c2ccccc21.CN(C)[CH2][Ti]([CH3])([CH3])([CH3])([CH3])([CH3])([CH3])[C]1=CC=CC1.Cl.Cl.[SiH4]. The van der Waals surface area contributed by atoms with Gasteiger partial charge in [0.1, 0.15) is 0 Å². The van der Waals surface area contributed by atoms with Crippen molar-refractivity contribution in [1.82, 2.24) is 8.70 Å². The number of hydrogen-bond acceptors (Lipinski definition) is 2. The number of hydrogen-bond donors (Lipinski definition) is 1. The predicted molar refractivity (Wildman–Crippen MR) is 190 cm³/mol. The molecule has 2 aromatic carbocycles. The van der Waals surface area contributed by atoms with Gasteiger partial charge in [0.05, 0.1) is 0 Å². The average molecular weight is 682 g/mol. The number of halogens is 2. The Kier molecular flexibility index (Phi) is 10.1. The summed E-state index contributed by atoms with van der Waals surface area (Å²) in [7, 11) is 4.38. The first-order valence-corrected chi connectivity index (χ1v) is 30.4. The van der Waals surface area contributed by atoms with Crippen LogP contribution in [0.3, 0.4) is 0 Å². The van der Waals surface area contributed by atoms with Crippen molar-refractivity contribution in [3.05, 3.63) is 81.8 Å². The van der Waals surface area contributed by atoms with E-state index in [1.807, 2.05) is 0 Å². The van der Waals surface area contributed by atoms with Crippen LogP contribution in [0.5, 0.6) is 0 Å². The van der Waals surface area contributed by atoms with Crippen molar-refractivity contribution in [1.29, 1.82) is 0 Å². The number of nitrogens with one attached hydrogen (secondary N) is 1. The zero-order chi connectivity index (χ0) is 28.3. The number of nitrogens with zero attached hydrogens (tertiary/aromatic N) is 1. The zero-order valence-corrected chi connectivity index (χ0v) is 31.9. The van der Waals surface area contributed by atoms with E-state index in [1.165, 1.54) is 22.3 Å². The summed E-state index contributed by atoms with van der Waals surface area (Å²) in [4.78, 5) is 3.51. The quantitative estimate of drug-likeness (QED) is 0.317. The summed E-state index contributed by atoms with van der Waals surface area (Å²) in [5.74, 6) is 0. The molecule has 2 aliphatic rings. The Hall–Kier alpha value is 0.0655. The molecule has 0 radical (unpaired) electrons. The Morgan fingerprint density at radius 1 is 0.825 bits per heavy atom. The molecule has 4 rings (SSSR count). The molecule has 2 aliphatic carbocycles. The Labute approximate surface area is 261 Å². The minimum Gasteiger partial charge on any atom is -0.147 e. The van der Waals surface area contributed by atoms with E-state index in [0.717, 1.165) is 11.3 Å². The van der Waals surface area contributed by atoms with E-state index in [4.69, 9.17) is 0 Å². The van der Waals surface area contributed by atoms with Crippen LogP contribution in [-0.4, -0.2) is 40.3 Å². The van der Waals surface area contributed by atoms with Gasteiger partial charge in [-0.25, -0.2) is 0 Å². The van der Waals surface area contributed by atoms with Crippen LogP contribution in [0.15, 0.2) is 70.6 Å². The van der Waals surface area contributed by atoms with Crippen LogP contribution in [0.2, 0.25) is 41.8 Å². The summed E-state index contributed by atoms with van der Waals surface area (Å²) in [6, 6.07) is 17.9. The van der Waals surface area contributed by atoms with Crippen LogP contribution < -0.4 is 3.80 Å². The smallest absolute Gasteiger partial charge is 0.0149 e. The molecule has 0 amide bonds. The molecule has 1 N–H and O–H groups in total. The second-order valence-corrected chi connectivity index (χ2v) is 65.0. The molecule has 0 atom stereocenters. The van der Waals surface area contributed by atoms with Gasteiger partial charge in [-0.1, -0.05) is 0 Å². The predicted octanol–water partition coefficient (Wildman–Crippen LogP) is 9.64. The molecule has 2 nitrogen and oxygen atoms in total. The third kappa shape index (κ3) is 9.04. The van der Waals surface area contributed by atoms with Crippen LogP contribution in [0.4, 0.5) is 0 Å². The van der Waals surface area contributed by atoms with E-state index in [-0.39, 0.29) is 41.3 Å². The average Bonchev–Trinajstić information content (AvgIpc) is 3.32. The van der Waals surface area contributed by atoms with Crippen LogP contribution >= 0.6 is 24.8 Å². The standard InChI is InChI=1S/C13H9.C5H5.C4H10N.C3H8N.8CH3.2ClH.H4Si.2Ti/c1-3-7-12-10(5-1)9-11-6-2-4-8-13(11)12;1-2-4-5-3-1;1-4(2,3)5;1-4(2)3;;;;;;;;;;;;;/h1-9H;1-3H,4H2;5H,1-3H3;1H2,2-3H3;8*1H3;2*1H;1H4;;/q;;-1;;;;;;;;;;;;;;+1. The fourth-order valence-electron chi connectivity index (χ4n) is 7.82. The van der Waals surface area contributed by atoms with Crippen molar-refractivity contribution >= 4 is 35.8 Å². The Morgan fingerprint density at radius 2 is 1.25 bits per heavy atom. The van der Waals surface area contributed by atoms with Crippen molar-refractivity contribution in [3.8, 4) is 11.1 Å². The van der Waals surface area contributed by atoms with Gasteiger partial charge in [-0.15, -0.1) is 24.8 Å². The fourth-order valence-corrected chi connectivity index (χ4v) is 25.2. The van der Waals surface area contributed by atoms with E-state index in [9.17, 15) is 0 Å². The van der Waals surface area contributed by atoms with Gasteiger partial charge in [0.25, 0.3) is 0 Å². The van der Waals surface area contributed by atoms with Gasteiger partial charge >= 0.3 is 228 Å². The number of fused-ring (bicyclic) bond motifs is 3. The van der Waals surface area contributed by atoms with Crippen LogP contribution in [-0.2, 0) is 28.3 Å². The Bertz CT molecular complexity index is 1270. The van der Waals surface area contributed by atoms with E-state index < -0.39 is 28.3 Å². The summed E-state index contributed by atoms with van der Waals surface area (Å²) in [5, 5.41) is 20.4. The van der Waals surface area contributed by atoms with Crippen molar-refractivity contribution in [3.63, 3.8) is 0 Å². The van der Waals surface area contributed by atoms with Crippen molar-refractivity contribution < 1.29 is 28.3 Å². The second-order valence-electron chi connectivity index (χ2n) is 21.6. The molecule has 230 valence electrons. The van der Waals surface area contributed by atoms with Gasteiger partial charge in [0, 0.05) is 0 Å². The van der Waals surface area contributed by atoms with Gasteiger partial charge in [0.2, 0.25) is 0 Å². The Balaban J connectivity index is 0.000000732. The number of benzene rings is 2. The first kappa shape index (κ1) is 40.1. The summed E-state index contributed by atoms with van der Waals surface area (Å²) in [6.07, 6.45) is 8.00. The normalized spacial score (nSPS) is 18.5. The molecule has 0 heterocycles. The van der Waals surface area contributed by atoms with Gasteiger partial charge in [0.15, 0.2) is 0 Å². The Morgan fingerprint density at radius 3 is 1.60 bits per heavy atom. The van der Waals surface area contributed by atoms with Gasteiger partial charge in [-0.2, -0.15) is 0 Å². The maximum atomic E-state index is 4.01. The van der Waals surface area contributed by atoms with E-state index in [0.29, 0.717) is 4.22 Å². The molecule has 0 bridgehead atoms. The largest absolute Gasteiger partial charge is 0.147 e. The van der Waals surface area contributed by atoms with Crippen molar-refractivity contribution in [2.75, 3.05) is 18.9 Å². The summed E-state index contributed by atoms with van der Waals surface area (Å²) >= 11 is -6.25. The molecule has 7 heteroatoms.